The SMILES string of the molecule is COc1ncc(Cl)c(N2CCC3CNCC3C2)n1. The molecule has 1 aromatic rings. The van der Waals surface area contributed by atoms with Crippen molar-refractivity contribution in [3.63, 3.8) is 0 Å². The fraction of sp³-hybridized carbons (Fsp3) is 0.667. The summed E-state index contributed by atoms with van der Waals surface area (Å²) in [4.78, 5) is 10.6. The van der Waals surface area contributed by atoms with Crippen molar-refractivity contribution in [3.8, 4) is 6.01 Å². The van der Waals surface area contributed by atoms with Gasteiger partial charge in [0.1, 0.15) is 5.02 Å². The van der Waals surface area contributed by atoms with E-state index in [1.165, 1.54) is 6.42 Å². The summed E-state index contributed by atoms with van der Waals surface area (Å²) in [5, 5.41) is 4.05. The molecule has 1 N–H and O–H groups in total. The fourth-order valence-electron chi connectivity index (χ4n) is 2.89. The Morgan fingerprint density at radius 3 is 3.11 bits per heavy atom. The highest BCUT2D eigenvalue weighted by atomic mass is 35.5. The molecular formula is C12H17ClN4O. The van der Waals surface area contributed by atoms with Crippen molar-refractivity contribution in [1.82, 2.24) is 15.3 Å². The van der Waals surface area contributed by atoms with E-state index in [0.717, 1.165) is 37.9 Å². The zero-order valence-corrected chi connectivity index (χ0v) is 11.2. The van der Waals surface area contributed by atoms with E-state index in [2.05, 4.69) is 20.2 Å². The van der Waals surface area contributed by atoms with Gasteiger partial charge < -0.3 is 15.0 Å². The van der Waals surface area contributed by atoms with Crippen LogP contribution in [-0.2, 0) is 0 Å². The van der Waals surface area contributed by atoms with E-state index in [1.54, 1.807) is 13.3 Å². The van der Waals surface area contributed by atoms with Gasteiger partial charge in [-0.3, -0.25) is 0 Å². The highest BCUT2D eigenvalue weighted by Crippen LogP contribution is 2.32. The maximum atomic E-state index is 6.19. The number of aromatic nitrogens is 2. The van der Waals surface area contributed by atoms with Crippen LogP contribution in [-0.4, -0.2) is 43.3 Å². The zero-order chi connectivity index (χ0) is 12.5. The number of hydrogen-bond acceptors (Lipinski definition) is 5. The fourth-order valence-corrected chi connectivity index (χ4v) is 3.10. The average molecular weight is 269 g/mol. The third-order valence-corrected chi connectivity index (χ3v) is 4.16. The topological polar surface area (TPSA) is 50.3 Å². The third-order valence-electron chi connectivity index (χ3n) is 3.89. The Balaban J connectivity index is 1.82. The van der Waals surface area contributed by atoms with Gasteiger partial charge in [-0.05, 0) is 31.3 Å². The molecule has 6 heteroatoms. The lowest BCUT2D eigenvalue weighted by Gasteiger charge is -2.35. The Morgan fingerprint density at radius 1 is 1.44 bits per heavy atom. The van der Waals surface area contributed by atoms with E-state index < -0.39 is 0 Å². The quantitative estimate of drug-likeness (QED) is 0.873. The molecule has 1 aromatic heterocycles. The van der Waals surface area contributed by atoms with Crippen molar-refractivity contribution in [2.24, 2.45) is 11.8 Å². The maximum Gasteiger partial charge on any atom is 0.318 e. The van der Waals surface area contributed by atoms with E-state index in [4.69, 9.17) is 16.3 Å². The van der Waals surface area contributed by atoms with Crippen LogP contribution < -0.4 is 15.0 Å². The number of methoxy groups -OCH3 is 1. The molecule has 0 bridgehead atoms. The molecule has 18 heavy (non-hydrogen) atoms. The molecule has 0 radical (unpaired) electrons. The largest absolute Gasteiger partial charge is 0.467 e. The van der Waals surface area contributed by atoms with Crippen molar-refractivity contribution >= 4 is 17.4 Å². The van der Waals surface area contributed by atoms with Crippen LogP contribution in [0.5, 0.6) is 6.01 Å². The molecule has 5 nitrogen and oxygen atoms in total. The van der Waals surface area contributed by atoms with Gasteiger partial charge in [0.15, 0.2) is 5.82 Å². The van der Waals surface area contributed by atoms with Gasteiger partial charge in [-0.25, -0.2) is 4.98 Å². The molecule has 0 spiro atoms. The number of hydrogen-bond donors (Lipinski definition) is 1. The Kier molecular flexibility index (Phi) is 3.26. The standard InChI is InChI=1S/C12H17ClN4O/c1-18-12-15-6-10(13)11(16-12)17-3-2-8-4-14-5-9(8)7-17/h6,8-9,14H,2-5,7H2,1H3. The van der Waals surface area contributed by atoms with Crippen LogP contribution in [0.2, 0.25) is 5.02 Å². The van der Waals surface area contributed by atoms with Crippen LogP contribution in [0.1, 0.15) is 6.42 Å². The number of nitrogens with one attached hydrogen (secondary N) is 1. The lowest BCUT2D eigenvalue weighted by atomic mass is 9.89. The molecule has 2 aliphatic rings. The minimum atomic E-state index is 0.376. The van der Waals surface area contributed by atoms with Crippen molar-refractivity contribution in [1.29, 1.82) is 0 Å². The van der Waals surface area contributed by atoms with E-state index in [0.29, 0.717) is 17.0 Å². The van der Waals surface area contributed by atoms with E-state index >= 15 is 0 Å². The molecular weight excluding hydrogens is 252 g/mol. The average Bonchev–Trinajstić information content (AvgIpc) is 2.86. The van der Waals surface area contributed by atoms with Gasteiger partial charge >= 0.3 is 6.01 Å². The number of halogens is 1. The van der Waals surface area contributed by atoms with Crippen LogP contribution in [0.4, 0.5) is 5.82 Å². The second-order valence-corrected chi connectivity index (χ2v) is 5.35. The summed E-state index contributed by atoms with van der Waals surface area (Å²) >= 11 is 6.19. The van der Waals surface area contributed by atoms with E-state index in [9.17, 15) is 0 Å². The third kappa shape index (κ3) is 2.12. The van der Waals surface area contributed by atoms with Crippen LogP contribution in [0, 0.1) is 11.8 Å². The second-order valence-electron chi connectivity index (χ2n) is 4.94. The minimum absolute atomic E-state index is 0.376. The second kappa shape index (κ2) is 4.90. The van der Waals surface area contributed by atoms with Gasteiger partial charge in [0.25, 0.3) is 0 Å². The number of ether oxygens (including phenoxy) is 1. The van der Waals surface area contributed by atoms with Crippen molar-refractivity contribution < 1.29 is 4.74 Å². The lowest BCUT2D eigenvalue weighted by Crippen LogP contribution is -2.40. The Bertz CT molecular complexity index is 442. The number of fused-ring (bicyclic) bond motifs is 1. The minimum Gasteiger partial charge on any atom is -0.467 e. The van der Waals surface area contributed by atoms with Gasteiger partial charge in [0.2, 0.25) is 0 Å². The van der Waals surface area contributed by atoms with Gasteiger partial charge in [0.05, 0.1) is 13.3 Å². The van der Waals surface area contributed by atoms with Gasteiger partial charge in [-0.1, -0.05) is 11.6 Å². The molecule has 2 saturated heterocycles. The summed E-state index contributed by atoms with van der Waals surface area (Å²) in [7, 11) is 1.57. The normalized spacial score (nSPS) is 27.1. The molecule has 0 aliphatic carbocycles. The first kappa shape index (κ1) is 12.0. The highest BCUT2D eigenvalue weighted by molar-refractivity contribution is 6.32. The number of nitrogens with zero attached hydrogens (tertiary/aromatic N) is 3. The number of anilines is 1. The molecule has 2 atom stereocenters. The summed E-state index contributed by atoms with van der Waals surface area (Å²) < 4.78 is 5.07. The first-order chi connectivity index (χ1) is 8.78. The molecule has 2 unspecified atom stereocenters. The molecule has 0 aromatic carbocycles. The Morgan fingerprint density at radius 2 is 2.28 bits per heavy atom. The van der Waals surface area contributed by atoms with Crippen LogP contribution in [0.3, 0.4) is 0 Å². The molecule has 98 valence electrons. The highest BCUT2D eigenvalue weighted by Gasteiger charge is 2.33. The first-order valence-corrected chi connectivity index (χ1v) is 6.68. The summed E-state index contributed by atoms with van der Waals surface area (Å²) in [6, 6.07) is 0.376. The van der Waals surface area contributed by atoms with Gasteiger partial charge in [-0.2, -0.15) is 4.98 Å². The summed E-state index contributed by atoms with van der Waals surface area (Å²) in [5.41, 5.74) is 0. The van der Waals surface area contributed by atoms with Crippen LogP contribution in [0.25, 0.3) is 0 Å². The number of piperidine rings is 1. The molecule has 0 amide bonds. The predicted octanol–water partition coefficient (Wildman–Crippen LogP) is 1.18. The molecule has 0 saturated carbocycles. The number of rotatable bonds is 2. The van der Waals surface area contributed by atoms with Gasteiger partial charge in [0, 0.05) is 13.1 Å². The van der Waals surface area contributed by atoms with E-state index in [-0.39, 0.29) is 0 Å². The van der Waals surface area contributed by atoms with Gasteiger partial charge in [-0.15, -0.1) is 0 Å². The Labute approximate surface area is 112 Å². The smallest absolute Gasteiger partial charge is 0.318 e. The van der Waals surface area contributed by atoms with E-state index in [1.807, 2.05) is 0 Å². The first-order valence-electron chi connectivity index (χ1n) is 6.30. The maximum absolute atomic E-state index is 6.19. The van der Waals surface area contributed by atoms with Crippen LogP contribution in [0.15, 0.2) is 6.20 Å². The molecule has 2 aliphatic heterocycles. The Hall–Kier alpha value is -1.07. The van der Waals surface area contributed by atoms with Crippen molar-refractivity contribution in [2.45, 2.75) is 6.42 Å². The lowest BCUT2D eigenvalue weighted by molar-refractivity contribution is 0.344. The summed E-state index contributed by atoms with van der Waals surface area (Å²) in [6.45, 7) is 4.26. The van der Waals surface area contributed by atoms with Crippen LogP contribution >= 0.6 is 11.6 Å². The monoisotopic (exact) mass is 268 g/mol. The molecule has 3 heterocycles. The molecule has 3 rings (SSSR count). The molecule has 2 fully saturated rings. The summed E-state index contributed by atoms with van der Waals surface area (Å²) in [5.74, 6) is 2.31. The van der Waals surface area contributed by atoms with Crippen molar-refractivity contribution in [2.75, 3.05) is 38.2 Å². The van der Waals surface area contributed by atoms with Crippen molar-refractivity contribution in [3.05, 3.63) is 11.2 Å². The predicted molar refractivity (Wildman–Crippen MR) is 70.3 cm³/mol. The summed E-state index contributed by atoms with van der Waals surface area (Å²) in [6.07, 6.45) is 2.81. The zero-order valence-electron chi connectivity index (χ0n) is 10.4.